The van der Waals surface area contributed by atoms with Crippen LogP contribution in [0.2, 0.25) is 0 Å². The van der Waals surface area contributed by atoms with Crippen LogP contribution >= 0.6 is 0 Å². The summed E-state index contributed by atoms with van der Waals surface area (Å²) >= 11 is 0. The molecule has 3 N–H and O–H groups in total. The van der Waals surface area contributed by atoms with Crippen LogP contribution in [0.4, 0.5) is 11.5 Å². The molecule has 2 unspecified atom stereocenters. The monoisotopic (exact) mass is 406 g/mol. The second kappa shape index (κ2) is 7.09. The molecule has 4 aliphatic heterocycles. The van der Waals surface area contributed by atoms with Crippen molar-refractivity contribution in [3.05, 3.63) is 30.1 Å². The molecule has 0 spiro atoms. The molecule has 30 heavy (non-hydrogen) atoms. The molecule has 5 aliphatic rings. The lowest BCUT2D eigenvalue weighted by atomic mass is 10.1. The number of rotatable bonds is 2. The van der Waals surface area contributed by atoms with Crippen LogP contribution in [0.3, 0.4) is 0 Å². The normalized spacial score (nSPS) is 32.1. The maximum atomic E-state index is 12.5. The highest BCUT2D eigenvalue weighted by molar-refractivity contribution is 6.01. The number of carbonyl (C=O) groups is 1. The van der Waals surface area contributed by atoms with E-state index in [1.165, 1.54) is 0 Å². The minimum Gasteiger partial charge on any atom is -0.368 e. The Kier molecular flexibility index (Phi) is 4.22. The number of carbonyl (C=O) groups excluding carboxylic acids is 1. The molecule has 5 heterocycles. The van der Waals surface area contributed by atoms with Gasteiger partial charge in [-0.3, -0.25) is 4.79 Å². The van der Waals surface area contributed by atoms with Crippen molar-refractivity contribution in [2.45, 2.75) is 37.5 Å². The number of anilines is 2. The number of amides is 1. The van der Waals surface area contributed by atoms with E-state index >= 15 is 0 Å². The first-order chi connectivity index (χ1) is 14.8. The third-order valence-electron chi connectivity index (χ3n) is 6.74. The molecule has 1 aromatic heterocycles. The van der Waals surface area contributed by atoms with Crippen LogP contribution in [0.15, 0.2) is 40.1 Å². The second-order valence-corrected chi connectivity index (χ2v) is 8.52. The number of aromatic nitrogens is 1. The Morgan fingerprint density at radius 1 is 1.17 bits per heavy atom. The fourth-order valence-electron chi connectivity index (χ4n) is 5.27. The van der Waals surface area contributed by atoms with Crippen LogP contribution in [0, 0.1) is 5.92 Å². The number of fused-ring (bicyclic) bond motifs is 5. The summed E-state index contributed by atoms with van der Waals surface area (Å²) in [5.74, 6) is 1.34. The summed E-state index contributed by atoms with van der Waals surface area (Å²) in [4.78, 5) is 31.0. The first kappa shape index (κ1) is 17.9. The molecule has 4 atom stereocenters. The van der Waals surface area contributed by atoms with Crippen molar-refractivity contribution in [3.63, 3.8) is 0 Å². The molecular weight excluding hydrogens is 380 g/mol. The molecule has 9 heteroatoms. The number of aliphatic imine (C=N–C) groups is 2. The van der Waals surface area contributed by atoms with E-state index < -0.39 is 0 Å². The lowest BCUT2D eigenvalue weighted by Crippen LogP contribution is -2.58. The summed E-state index contributed by atoms with van der Waals surface area (Å²) in [5.41, 5.74) is 1.88. The van der Waals surface area contributed by atoms with Crippen LogP contribution in [-0.2, 0) is 4.79 Å². The second-order valence-electron chi connectivity index (χ2n) is 8.52. The van der Waals surface area contributed by atoms with Crippen molar-refractivity contribution in [3.8, 4) is 0 Å². The van der Waals surface area contributed by atoms with Crippen LogP contribution in [0.5, 0.6) is 0 Å². The third-order valence-corrected chi connectivity index (χ3v) is 6.74. The summed E-state index contributed by atoms with van der Waals surface area (Å²) in [6, 6.07) is 4.63. The molecule has 1 amide bonds. The van der Waals surface area contributed by atoms with E-state index in [1.54, 1.807) is 0 Å². The van der Waals surface area contributed by atoms with Crippen LogP contribution in [0.1, 0.15) is 19.3 Å². The first-order valence-corrected chi connectivity index (χ1v) is 10.9. The molecule has 0 aromatic carbocycles. The lowest BCUT2D eigenvalue weighted by molar-refractivity contribution is -0.122. The number of nitrogens with one attached hydrogen (secondary N) is 3. The summed E-state index contributed by atoms with van der Waals surface area (Å²) in [6.45, 7) is 3.99. The van der Waals surface area contributed by atoms with Gasteiger partial charge in [-0.1, -0.05) is 0 Å². The van der Waals surface area contributed by atoms with E-state index in [1.807, 2.05) is 24.6 Å². The van der Waals surface area contributed by atoms with Gasteiger partial charge in [0.15, 0.2) is 0 Å². The van der Waals surface area contributed by atoms with Gasteiger partial charge in [0.25, 0.3) is 5.91 Å². The minimum absolute atomic E-state index is 0.0239. The van der Waals surface area contributed by atoms with Crippen molar-refractivity contribution < 1.29 is 4.79 Å². The van der Waals surface area contributed by atoms with E-state index in [9.17, 15) is 4.79 Å². The van der Waals surface area contributed by atoms with E-state index in [2.05, 4.69) is 41.8 Å². The van der Waals surface area contributed by atoms with E-state index in [-0.39, 0.29) is 24.0 Å². The minimum atomic E-state index is -0.100. The van der Waals surface area contributed by atoms with Gasteiger partial charge in [0.05, 0.1) is 23.8 Å². The zero-order chi connectivity index (χ0) is 20.1. The summed E-state index contributed by atoms with van der Waals surface area (Å²) in [7, 11) is 0. The number of hydrogen-bond donors (Lipinski definition) is 3. The molecule has 1 aromatic rings. The van der Waals surface area contributed by atoms with Crippen molar-refractivity contribution >= 4 is 29.6 Å². The zero-order valence-corrected chi connectivity index (χ0v) is 16.8. The van der Waals surface area contributed by atoms with Gasteiger partial charge in [-0.25, -0.2) is 15.0 Å². The van der Waals surface area contributed by atoms with E-state index in [0.717, 1.165) is 62.6 Å². The largest absolute Gasteiger partial charge is 0.368 e. The Labute approximate surface area is 175 Å². The fraction of sp³-hybridized carbons (Fsp3) is 0.524. The summed E-state index contributed by atoms with van der Waals surface area (Å²) in [6.07, 6.45) is 8.99. The van der Waals surface area contributed by atoms with Gasteiger partial charge < -0.3 is 25.8 Å². The number of hydrogen-bond acceptors (Lipinski definition) is 8. The Morgan fingerprint density at radius 3 is 2.90 bits per heavy atom. The third kappa shape index (κ3) is 2.96. The van der Waals surface area contributed by atoms with Crippen LogP contribution in [-0.4, -0.2) is 72.4 Å². The van der Waals surface area contributed by atoms with Gasteiger partial charge in [0.1, 0.15) is 17.7 Å². The summed E-state index contributed by atoms with van der Waals surface area (Å²) < 4.78 is 0. The Hall–Kier alpha value is -2.94. The van der Waals surface area contributed by atoms with Gasteiger partial charge in [-0.05, 0) is 37.5 Å². The molecule has 0 radical (unpaired) electrons. The fourth-order valence-corrected chi connectivity index (χ4v) is 5.27. The number of nitrogens with zero attached hydrogens (tertiary/aromatic N) is 5. The number of guanidine groups is 1. The maximum Gasteiger partial charge on any atom is 0.267 e. The molecule has 1 aliphatic carbocycles. The average molecular weight is 406 g/mol. The van der Waals surface area contributed by atoms with Crippen molar-refractivity contribution in [1.82, 2.24) is 20.5 Å². The molecule has 3 fully saturated rings. The summed E-state index contributed by atoms with van der Waals surface area (Å²) in [5, 5.41) is 9.78. The molecule has 156 valence electrons. The quantitative estimate of drug-likeness (QED) is 0.663. The number of piperazine rings is 2. The van der Waals surface area contributed by atoms with Gasteiger partial charge in [-0.15, -0.1) is 0 Å². The lowest BCUT2D eigenvalue weighted by Gasteiger charge is -2.41. The highest BCUT2D eigenvalue weighted by atomic mass is 16.2. The smallest absolute Gasteiger partial charge is 0.267 e. The van der Waals surface area contributed by atoms with E-state index in [0.29, 0.717) is 12.0 Å². The molecule has 6 rings (SSSR count). The van der Waals surface area contributed by atoms with Crippen LogP contribution < -0.4 is 20.9 Å². The Morgan fingerprint density at radius 2 is 2.07 bits per heavy atom. The predicted molar refractivity (Wildman–Crippen MR) is 116 cm³/mol. The van der Waals surface area contributed by atoms with Gasteiger partial charge in [0, 0.05) is 38.4 Å². The zero-order valence-electron chi connectivity index (χ0n) is 16.8. The molecular formula is C21H26N8O. The Bertz CT molecular complexity index is 933. The van der Waals surface area contributed by atoms with Gasteiger partial charge in [0.2, 0.25) is 5.96 Å². The maximum absolute atomic E-state index is 12.5. The van der Waals surface area contributed by atoms with Gasteiger partial charge >= 0.3 is 0 Å². The topological polar surface area (TPSA) is 97.2 Å². The first-order valence-electron chi connectivity index (χ1n) is 10.9. The average Bonchev–Trinajstić information content (AvgIpc) is 3.39. The van der Waals surface area contributed by atoms with E-state index in [4.69, 9.17) is 4.99 Å². The van der Waals surface area contributed by atoms with Crippen molar-refractivity contribution in [2.24, 2.45) is 15.9 Å². The van der Waals surface area contributed by atoms with Crippen molar-refractivity contribution in [2.75, 3.05) is 36.4 Å². The SMILES string of the molecule is O=C1N[C@H]2CCC[C@@H]2N2C1=CC1C=NC(Nc3ccc(N4CCNCC4)cn3)=NC12. The number of pyridine rings is 1. The standard InChI is InChI=1S/C21H26N8O/c30-20-17-10-13-11-24-21(27-19(13)29(17)16-3-1-2-15(16)25-20)26-18-5-4-14(12-23-18)28-8-6-22-7-9-28/h4-5,10-13,15-16,19,22H,1-3,6-9H2,(H,25,30)(H,23,26,27)/t13?,15-,16-,19?/m0/s1. The molecule has 2 saturated heterocycles. The highest BCUT2D eigenvalue weighted by Gasteiger charge is 2.49. The Balaban J connectivity index is 1.19. The van der Waals surface area contributed by atoms with Gasteiger partial charge in [-0.2, -0.15) is 0 Å². The van der Waals surface area contributed by atoms with Crippen molar-refractivity contribution in [1.29, 1.82) is 0 Å². The highest BCUT2D eigenvalue weighted by Crippen LogP contribution is 2.39. The van der Waals surface area contributed by atoms with Crippen LogP contribution in [0.25, 0.3) is 0 Å². The predicted octanol–water partition coefficient (Wildman–Crippen LogP) is 0.536. The molecule has 1 saturated carbocycles. The molecule has 0 bridgehead atoms. The molecule has 9 nitrogen and oxygen atoms in total.